The Labute approximate surface area is 139 Å². The van der Waals surface area contributed by atoms with Crippen LogP contribution >= 0.6 is 15.9 Å². The van der Waals surface area contributed by atoms with Gasteiger partial charge >= 0.3 is 5.97 Å². The van der Waals surface area contributed by atoms with Gasteiger partial charge in [0, 0.05) is 4.47 Å². The van der Waals surface area contributed by atoms with Crippen LogP contribution in [-0.4, -0.2) is 24.7 Å². The molecule has 2 rings (SSSR count). The first-order valence-electron chi connectivity index (χ1n) is 7.63. The molecule has 1 fully saturated rings. The molecule has 2 atom stereocenters. The van der Waals surface area contributed by atoms with Crippen molar-refractivity contribution in [3.05, 3.63) is 34.1 Å². The van der Waals surface area contributed by atoms with Gasteiger partial charge in [-0.1, -0.05) is 15.9 Å². The number of nitrogens with one attached hydrogen (secondary N) is 1. The largest absolute Gasteiger partial charge is 0.460 e. The van der Waals surface area contributed by atoms with Crippen LogP contribution in [0.2, 0.25) is 0 Å². The van der Waals surface area contributed by atoms with Crippen molar-refractivity contribution in [2.75, 3.05) is 13.1 Å². The number of esters is 1. The molecule has 0 amide bonds. The SMILES string of the molecule is CC(C)(C)OC(=O)C(Cc1cc(F)cc(Br)c1)C1CCNC1. The van der Waals surface area contributed by atoms with Gasteiger partial charge in [-0.05, 0) is 76.4 Å². The van der Waals surface area contributed by atoms with Crippen LogP contribution in [-0.2, 0) is 16.0 Å². The number of ether oxygens (including phenoxy) is 1. The highest BCUT2D eigenvalue weighted by Crippen LogP contribution is 2.27. The molecule has 0 aliphatic carbocycles. The van der Waals surface area contributed by atoms with Crippen LogP contribution in [0.4, 0.5) is 4.39 Å². The lowest BCUT2D eigenvalue weighted by atomic mass is 9.86. The molecule has 2 unspecified atom stereocenters. The minimum Gasteiger partial charge on any atom is -0.460 e. The Balaban J connectivity index is 2.18. The number of carbonyl (C=O) groups excluding carboxylic acids is 1. The molecule has 22 heavy (non-hydrogen) atoms. The highest BCUT2D eigenvalue weighted by atomic mass is 79.9. The standard InChI is InChI=1S/C17H23BrFNO2/c1-17(2,3)22-16(21)15(12-4-5-20-10-12)8-11-6-13(18)9-14(19)7-11/h6-7,9,12,15,20H,4-5,8,10H2,1-3H3. The second-order valence-electron chi connectivity index (χ2n) is 6.87. The lowest BCUT2D eigenvalue weighted by molar-refractivity contribution is -0.161. The average Bonchev–Trinajstić information content (AvgIpc) is 2.85. The second-order valence-corrected chi connectivity index (χ2v) is 7.79. The zero-order valence-corrected chi connectivity index (χ0v) is 14.9. The van der Waals surface area contributed by atoms with E-state index in [0.29, 0.717) is 10.9 Å². The van der Waals surface area contributed by atoms with Gasteiger partial charge in [0.25, 0.3) is 0 Å². The first kappa shape index (κ1) is 17.4. The number of rotatable bonds is 4. The molecule has 1 aromatic rings. The normalized spacial score (nSPS) is 20.0. The first-order chi connectivity index (χ1) is 10.2. The molecule has 0 saturated carbocycles. The molecule has 0 bridgehead atoms. The Morgan fingerprint density at radius 1 is 1.45 bits per heavy atom. The van der Waals surface area contributed by atoms with Crippen molar-refractivity contribution in [2.24, 2.45) is 11.8 Å². The summed E-state index contributed by atoms with van der Waals surface area (Å²) in [5.74, 6) is -0.502. The number of halogens is 2. The van der Waals surface area contributed by atoms with Crippen molar-refractivity contribution in [3.8, 4) is 0 Å². The van der Waals surface area contributed by atoms with Crippen molar-refractivity contribution in [1.82, 2.24) is 5.32 Å². The fourth-order valence-electron chi connectivity index (χ4n) is 2.82. The first-order valence-corrected chi connectivity index (χ1v) is 8.42. The van der Waals surface area contributed by atoms with Crippen molar-refractivity contribution < 1.29 is 13.9 Å². The minimum absolute atomic E-state index is 0.193. The van der Waals surface area contributed by atoms with Gasteiger partial charge in [0.15, 0.2) is 0 Å². The molecule has 5 heteroatoms. The van der Waals surface area contributed by atoms with E-state index in [2.05, 4.69) is 21.2 Å². The minimum atomic E-state index is -0.510. The van der Waals surface area contributed by atoms with Gasteiger partial charge in [-0.2, -0.15) is 0 Å². The van der Waals surface area contributed by atoms with Crippen LogP contribution in [0.25, 0.3) is 0 Å². The topological polar surface area (TPSA) is 38.3 Å². The van der Waals surface area contributed by atoms with Crippen molar-refractivity contribution >= 4 is 21.9 Å². The summed E-state index contributed by atoms with van der Waals surface area (Å²) in [7, 11) is 0. The molecule has 1 aliphatic rings. The van der Waals surface area contributed by atoms with Crippen LogP contribution in [0.1, 0.15) is 32.8 Å². The molecule has 122 valence electrons. The van der Waals surface area contributed by atoms with Crippen molar-refractivity contribution in [3.63, 3.8) is 0 Å². The van der Waals surface area contributed by atoms with Gasteiger partial charge in [0.2, 0.25) is 0 Å². The number of hydrogen-bond donors (Lipinski definition) is 1. The van der Waals surface area contributed by atoms with E-state index < -0.39 is 5.60 Å². The van der Waals surface area contributed by atoms with Gasteiger partial charge in [0.1, 0.15) is 11.4 Å². The molecule has 1 saturated heterocycles. The number of benzene rings is 1. The molecule has 3 nitrogen and oxygen atoms in total. The molecule has 0 aromatic heterocycles. The van der Waals surface area contributed by atoms with E-state index in [1.807, 2.05) is 26.8 Å². The Morgan fingerprint density at radius 2 is 2.18 bits per heavy atom. The Morgan fingerprint density at radius 3 is 2.73 bits per heavy atom. The molecule has 1 aromatic carbocycles. The third-order valence-electron chi connectivity index (χ3n) is 3.75. The van der Waals surface area contributed by atoms with E-state index in [1.165, 1.54) is 12.1 Å². The Hall–Kier alpha value is -0.940. The second kappa shape index (κ2) is 7.09. The van der Waals surface area contributed by atoms with Gasteiger partial charge in [-0.15, -0.1) is 0 Å². The van der Waals surface area contributed by atoms with Crippen LogP contribution < -0.4 is 5.32 Å². The molecule has 1 heterocycles. The average molecular weight is 372 g/mol. The van der Waals surface area contributed by atoms with E-state index in [9.17, 15) is 9.18 Å². The van der Waals surface area contributed by atoms with E-state index >= 15 is 0 Å². The predicted molar refractivity (Wildman–Crippen MR) is 88.1 cm³/mol. The lowest BCUT2D eigenvalue weighted by Gasteiger charge is -2.27. The van der Waals surface area contributed by atoms with E-state index in [1.54, 1.807) is 0 Å². The number of carbonyl (C=O) groups is 1. The maximum atomic E-state index is 13.6. The maximum Gasteiger partial charge on any atom is 0.310 e. The summed E-state index contributed by atoms with van der Waals surface area (Å²) in [5, 5.41) is 3.29. The summed E-state index contributed by atoms with van der Waals surface area (Å²) in [5.41, 5.74) is 0.304. The summed E-state index contributed by atoms with van der Waals surface area (Å²) in [6.45, 7) is 7.33. The maximum absolute atomic E-state index is 13.6. The Kier molecular flexibility index (Phi) is 5.61. The fraction of sp³-hybridized carbons (Fsp3) is 0.588. The third kappa shape index (κ3) is 5.06. The van der Waals surface area contributed by atoms with Crippen LogP contribution in [0, 0.1) is 17.7 Å². The zero-order chi connectivity index (χ0) is 16.3. The molecule has 0 spiro atoms. The quantitative estimate of drug-likeness (QED) is 0.820. The lowest BCUT2D eigenvalue weighted by Crippen LogP contribution is -2.34. The van der Waals surface area contributed by atoms with Crippen molar-refractivity contribution in [1.29, 1.82) is 0 Å². The molecular formula is C17H23BrFNO2. The molecule has 0 radical (unpaired) electrons. The van der Waals surface area contributed by atoms with Crippen molar-refractivity contribution in [2.45, 2.75) is 39.2 Å². The monoisotopic (exact) mass is 371 g/mol. The van der Waals surface area contributed by atoms with E-state index in [0.717, 1.165) is 25.1 Å². The van der Waals surface area contributed by atoms with Gasteiger partial charge in [-0.25, -0.2) is 4.39 Å². The molecule has 1 N–H and O–H groups in total. The molecular weight excluding hydrogens is 349 g/mol. The summed E-state index contributed by atoms with van der Waals surface area (Å²) >= 11 is 3.30. The Bertz CT molecular complexity index is 516. The predicted octanol–water partition coefficient (Wildman–Crippen LogP) is 3.70. The summed E-state index contributed by atoms with van der Waals surface area (Å²) in [6, 6.07) is 4.77. The fourth-order valence-corrected chi connectivity index (χ4v) is 3.34. The highest BCUT2D eigenvalue weighted by Gasteiger charge is 2.34. The van der Waals surface area contributed by atoms with Crippen LogP contribution in [0.5, 0.6) is 0 Å². The highest BCUT2D eigenvalue weighted by molar-refractivity contribution is 9.10. The van der Waals surface area contributed by atoms with Gasteiger partial charge in [-0.3, -0.25) is 4.79 Å². The van der Waals surface area contributed by atoms with Crippen LogP contribution in [0.3, 0.4) is 0 Å². The van der Waals surface area contributed by atoms with Gasteiger partial charge in [0.05, 0.1) is 5.92 Å². The smallest absolute Gasteiger partial charge is 0.310 e. The number of hydrogen-bond acceptors (Lipinski definition) is 3. The van der Waals surface area contributed by atoms with Crippen LogP contribution in [0.15, 0.2) is 22.7 Å². The molecule has 1 aliphatic heterocycles. The van der Waals surface area contributed by atoms with Gasteiger partial charge < -0.3 is 10.1 Å². The summed E-state index contributed by atoms with van der Waals surface area (Å²) in [6.07, 6.45) is 1.44. The summed E-state index contributed by atoms with van der Waals surface area (Å²) < 4.78 is 19.8. The zero-order valence-electron chi connectivity index (χ0n) is 13.3. The van der Waals surface area contributed by atoms with E-state index in [4.69, 9.17) is 4.74 Å². The third-order valence-corrected chi connectivity index (χ3v) is 4.21. The summed E-state index contributed by atoms with van der Waals surface area (Å²) in [4.78, 5) is 12.6. The van der Waals surface area contributed by atoms with E-state index in [-0.39, 0.29) is 23.6 Å².